The number of benzene rings is 1. The van der Waals surface area contributed by atoms with Gasteiger partial charge in [-0.05, 0) is 47.0 Å². The minimum absolute atomic E-state index is 0.0369. The van der Waals surface area contributed by atoms with Crippen LogP contribution in [0.1, 0.15) is 20.8 Å². The van der Waals surface area contributed by atoms with Gasteiger partial charge < -0.3 is 19.7 Å². The van der Waals surface area contributed by atoms with Crippen molar-refractivity contribution in [1.29, 1.82) is 0 Å². The molecule has 21 heavy (non-hydrogen) atoms. The number of nitrogens with zero attached hydrogens (tertiary/aromatic N) is 1. The molecule has 0 aromatic heterocycles. The molecule has 1 N–H and O–H groups in total. The molecule has 118 valence electrons. The van der Waals surface area contributed by atoms with E-state index >= 15 is 0 Å². The molecule has 0 radical (unpaired) electrons. The monoisotopic (exact) mass is 294 g/mol. The fourth-order valence-corrected chi connectivity index (χ4v) is 1.49. The third-order valence-corrected chi connectivity index (χ3v) is 2.56. The molecule has 0 spiro atoms. The number of carbonyl (C=O) groups is 1. The van der Waals surface area contributed by atoms with Gasteiger partial charge in [-0.15, -0.1) is 0 Å². The Hall–Kier alpha value is -1.59. The third kappa shape index (κ3) is 8.32. The van der Waals surface area contributed by atoms with E-state index in [1.807, 2.05) is 59.1 Å². The first-order valence-corrected chi connectivity index (χ1v) is 7.08. The minimum Gasteiger partial charge on any atom is -0.492 e. The molecule has 1 amide bonds. The van der Waals surface area contributed by atoms with Crippen LogP contribution in [0.4, 0.5) is 5.69 Å². The van der Waals surface area contributed by atoms with Crippen molar-refractivity contribution in [2.24, 2.45) is 0 Å². The highest BCUT2D eigenvalue weighted by Crippen LogP contribution is 2.17. The van der Waals surface area contributed by atoms with Crippen molar-refractivity contribution in [2.45, 2.75) is 26.4 Å². The molecular formula is C16H26N2O3. The fraction of sp³-hybridized carbons (Fsp3) is 0.562. The summed E-state index contributed by atoms with van der Waals surface area (Å²) in [5.74, 6) is 0.571. The van der Waals surface area contributed by atoms with Crippen LogP contribution < -0.4 is 10.1 Å². The van der Waals surface area contributed by atoms with E-state index in [1.54, 1.807) is 0 Å². The van der Waals surface area contributed by atoms with Gasteiger partial charge in [0.05, 0.1) is 5.60 Å². The Morgan fingerprint density at radius 3 is 2.62 bits per heavy atom. The van der Waals surface area contributed by atoms with Gasteiger partial charge in [0.2, 0.25) is 5.91 Å². The summed E-state index contributed by atoms with van der Waals surface area (Å²) in [5, 5.41) is 2.80. The summed E-state index contributed by atoms with van der Waals surface area (Å²) in [4.78, 5) is 13.8. The average molecular weight is 294 g/mol. The summed E-state index contributed by atoms with van der Waals surface area (Å²) in [6.07, 6.45) is 0. The van der Waals surface area contributed by atoms with Gasteiger partial charge in [0.15, 0.2) is 0 Å². The van der Waals surface area contributed by atoms with Crippen LogP contribution in [0.5, 0.6) is 5.75 Å². The van der Waals surface area contributed by atoms with Crippen LogP contribution in [-0.2, 0) is 9.53 Å². The van der Waals surface area contributed by atoms with Crippen molar-refractivity contribution in [3.8, 4) is 5.75 Å². The molecule has 5 heteroatoms. The van der Waals surface area contributed by atoms with Crippen molar-refractivity contribution < 1.29 is 14.3 Å². The standard InChI is InChI=1S/C16H26N2O3/c1-16(2,3)21-12-15(19)17-13-7-6-8-14(11-13)20-10-9-18(4)5/h6-8,11H,9-10,12H2,1-5H3,(H,17,19). The van der Waals surface area contributed by atoms with Gasteiger partial charge >= 0.3 is 0 Å². The fourth-order valence-electron chi connectivity index (χ4n) is 1.49. The second-order valence-corrected chi connectivity index (χ2v) is 6.13. The zero-order valence-electron chi connectivity index (χ0n) is 13.6. The highest BCUT2D eigenvalue weighted by atomic mass is 16.5. The van der Waals surface area contributed by atoms with E-state index in [0.29, 0.717) is 12.3 Å². The minimum atomic E-state index is -0.325. The Morgan fingerprint density at radius 2 is 2.00 bits per heavy atom. The quantitative estimate of drug-likeness (QED) is 0.839. The van der Waals surface area contributed by atoms with Gasteiger partial charge in [0.25, 0.3) is 0 Å². The molecule has 1 rings (SSSR count). The van der Waals surface area contributed by atoms with Crippen LogP contribution >= 0.6 is 0 Å². The Labute approximate surface area is 127 Å². The molecule has 0 aliphatic heterocycles. The van der Waals surface area contributed by atoms with Crippen molar-refractivity contribution >= 4 is 11.6 Å². The maximum Gasteiger partial charge on any atom is 0.250 e. The average Bonchev–Trinajstić information content (AvgIpc) is 2.36. The smallest absolute Gasteiger partial charge is 0.250 e. The number of carbonyl (C=O) groups excluding carboxylic acids is 1. The van der Waals surface area contributed by atoms with Gasteiger partial charge in [-0.2, -0.15) is 0 Å². The molecule has 0 bridgehead atoms. The maximum absolute atomic E-state index is 11.8. The van der Waals surface area contributed by atoms with Gasteiger partial charge in [0, 0.05) is 18.3 Å². The maximum atomic E-state index is 11.8. The second kappa shape index (κ2) is 8.00. The summed E-state index contributed by atoms with van der Waals surface area (Å²) in [6, 6.07) is 7.36. The molecule has 5 nitrogen and oxygen atoms in total. The number of hydrogen-bond acceptors (Lipinski definition) is 4. The summed E-state index contributed by atoms with van der Waals surface area (Å²) in [5.41, 5.74) is 0.383. The summed E-state index contributed by atoms with van der Waals surface area (Å²) >= 11 is 0. The van der Waals surface area contributed by atoms with Crippen molar-refractivity contribution in [3.63, 3.8) is 0 Å². The van der Waals surface area contributed by atoms with E-state index < -0.39 is 0 Å². The molecular weight excluding hydrogens is 268 g/mol. The summed E-state index contributed by atoms with van der Waals surface area (Å²) in [7, 11) is 3.99. The SMILES string of the molecule is CN(C)CCOc1cccc(NC(=O)COC(C)(C)C)c1. The molecule has 0 heterocycles. The zero-order valence-corrected chi connectivity index (χ0v) is 13.6. The van der Waals surface area contributed by atoms with E-state index in [-0.39, 0.29) is 18.1 Å². The van der Waals surface area contributed by atoms with Gasteiger partial charge in [-0.25, -0.2) is 0 Å². The third-order valence-electron chi connectivity index (χ3n) is 2.56. The molecule has 1 aromatic carbocycles. The van der Waals surface area contributed by atoms with Gasteiger partial charge in [-0.1, -0.05) is 6.07 Å². The molecule has 0 aliphatic carbocycles. The Balaban J connectivity index is 2.46. The van der Waals surface area contributed by atoms with E-state index in [1.165, 1.54) is 0 Å². The second-order valence-electron chi connectivity index (χ2n) is 6.13. The molecule has 0 saturated carbocycles. The molecule has 0 saturated heterocycles. The van der Waals surface area contributed by atoms with E-state index in [0.717, 1.165) is 12.3 Å². The van der Waals surface area contributed by atoms with E-state index in [4.69, 9.17) is 9.47 Å². The lowest BCUT2D eigenvalue weighted by Gasteiger charge is -2.19. The number of likely N-dealkylation sites (N-methyl/N-ethyl adjacent to an activating group) is 1. The largest absolute Gasteiger partial charge is 0.492 e. The molecule has 0 aliphatic rings. The first-order valence-electron chi connectivity index (χ1n) is 7.08. The van der Waals surface area contributed by atoms with Crippen LogP contribution in [0.25, 0.3) is 0 Å². The van der Waals surface area contributed by atoms with Gasteiger partial charge in [-0.3, -0.25) is 4.79 Å². The van der Waals surface area contributed by atoms with Crippen LogP contribution in [-0.4, -0.2) is 50.3 Å². The number of anilines is 1. The Kier molecular flexibility index (Phi) is 6.65. The highest BCUT2D eigenvalue weighted by Gasteiger charge is 2.13. The first-order chi connectivity index (χ1) is 9.76. The van der Waals surface area contributed by atoms with Crippen molar-refractivity contribution in [3.05, 3.63) is 24.3 Å². The number of nitrogens with one attached hydrogen (secondary N) is 1. The number of rotatable bonds is 7. The Bertz CT molecular complexity index is 453. The normalized spacial score (nSPS) is 11.5. The molecule has 0 atom stereocenters. The number of amides is 1. The van der Waals surface area contributed by atoms with Gasteiger partial charge in [0.1, 0.15) is 19.0 Å². The van der Waals surface area contributed by atoms with Crippen molar-refractivity contribution in [1.82, 2.24) is 4.90 Å². The molecule has 1 aromatic rings. The van der Waals surface area contributed by atoms with Crippen LogP contribution in [0, 0.1) is 0 Å². The van der Waals surface area contributed by atoms with Crippen LogP contribution in [0.15, 0.2) is 24.3 Å². The topological polar surface area (TPSA) is 50.8 Å². The predicted molar refractivity (Wildman–Crippen MR) is 84.8 cm³/mol. The van der Waals surface area contributed by atoms with Crippen molar-refractivity contribution in [2.75, 3.05) is 39.2 Å². The zero-order chi connectivity index (χ0) is 15.9. The molecule has 0 unspecified atom stereocenters. The summed E-state index contributed by atoms with van der Waals surface area (Å²) in [6.45, 7) is 7.24. The lowest BCUT2D eigenvalue weighted by Crippen LogP contribution is -2.27. The van der Waals surface area contributed by atoms with Crippen LogP contribution in [0.3, 0.4) is 0 Å². The molecule has 0 fully saturated rings. The van der Waals surface area contributed by atoms with E-state index in [2.05, 4.69) is 10.2 Å². The number of ether oxygens (including phenoxy) is 2. The van der Waals surface area contributed by atoms with E-state index in [9.17, 15) is 4.79 Å². The first kappa shape index (κ1) is 17.5. The predicted octanol–water partition coefficient (Wildman–Crippen LogP) is 2.38. The Morgan fingerprint density at radius 1 is 1.29 bits per heavy atom. The lowest BCUT2D eigenvalue weighted by molar-refractivity contribution is -0.125. The summed E-state index contributed by atoms with van der Waals surface area (Å²) < 4.78 is 11.1. The lowest BCUT2D eigenvalue weighted by atomic mass is 10.2. The number of hydrogen-bond donors (Lipinski definition) is 1. The highest BCUT2D eigenvalue weighted by molar-refractivity contribution is 5.91. The van der Waals surface area contributed by atoms with Crippen LogP contribution in [0.2, 0.25) is 0 Å².